The van der Waals surface area contributed by atoms with Crippen molar-refractivity contribution in [3.05, 3.63) is 76.3 Å². The van der Waals surface area contributed by atoms with Crippen LogP contribution in [0, 0.1) is 13.8 Å². The Hall–Kier alpha value is -2.71. The van der Waals surface area contributed by atoms with Crippen LogP contribution in [-0.2, 0) is 6.54 Å². The highest BCUT2D eigenvalue weighted by atomic mass is 79.9. The molecular formula is C23H22BrN5OS. The third kappa shape index (κ3) is 4.36. The Bertz CT molecular complexity index is 1230. The molecule has 8 heteroatoms. The lowest BCUT2D eigenvalue weighted by molar-refractivity contribution is 0.102. The third-order valence-electron chi connectivity index (χ3n) is 5.10. The smallest absolute Gasteiger partial charge is 0.191 e. The molecule has 0 saturated heterocycles. The minimum absolute atomic E-state index is 0.0791. The Morgan fingerprint density at radius 1 is 1.10 bits per heavy atom. The summed E-state index contributed by atoms with van der Waals surface area (Å²) in [4.78, 5) is 17.1. The van der Waals surface area contributed by atoms with Gasteiger partial charge in [0.05, 0.1) is 5.75 Å². The van der Waals surface area contributed by atoms with Crippen LogP contribution < -0.4 is 0 Å². The monoisotopic (exact) mass is 495 g/mol. The van der Waals surface area contributed by atoms with Crippen LogP contribution in [0.15, 0.2) is 64.5 Å². The van der Waals surface area contributed by atoms with Gasteiger partial charge in [0, 0.05) is 51.6 Å². The first kappa shape index (κ1) is 21.5. The number of hydrogen-bond donors (Lipinski definition) is 0. The van der Waals surface area contributed by atoms with Crippen molar-refractivity contribution in [3.63, 3.8) is 0 Å². The van der Waals surface area contributed by atoms with E-state index >= 15 is 0 Å². The molecule has 3 aromatic heterocycles. The van der Waals surface area contributed by atoms with Gasteiger partial charge in [0.15, 0.2) is 16.8 Å². The molecule has 0 radical (unpaired) electrons. The average molecular weight is 496 g/mol. The van der Waals surface area contributed by atoms with E-state index in [1.165, 1.54) is 11.8 Å². The number of carbonyl (C=O) groups excluding carboxylic acids is 1. The van der Waals surface area contributed by atoms with Crippen LogP contribution in [0.4, 0.5) is 0 Å². The van der Waals surface area contributed by atoms with Crippen molar-refractivity contribution in [2.75, 3.05) is 5.75 Å². The first-order valence-electron chi connectivity index (χ1n) is 9.94. The molecule has 1 aromatic carbocycles. The van der Waals surface area contributed by atoms with Gasteiger partial charge in [0.25, 0.3) is 0 Å². The molecule has 0 unspecified atom stereocenters. The highest BCUT2D eigenvalue weighted by Gasteiger charge is 2.19. The van der Waals surface area contributed by atoms with Crippen LogP contribution in [0.5, 0.6) is 0 Å². The molecule has 158 valence electrons. The second kappa shape index (κ2) is 9.20. The largest absolute Gasteiger partial charge is 0.318 e. The lowest BCUT2D eigenvalue weighted by Gasteiger charge is -2.10. The van der Waals surface area contributed by atoms with Crippen LogP contribution in [0.2, 0.25) is 0 Å². The number of pyridine rings is 1. The summed E-state index contributed by atoms with van der Waals surface area (Å²) < 4.78 is 5.14. The number of ketones is 1. The van der Waals surface area contributed by atoms with Crippen molar-refractivity contribution in [3.8, 4) is 17.1 Å². The Labute approximate surface area is 193 Å². The quantitative estimate of drug-likeness (QED) is 0.250. The summed E-state index contributed by atoms with van der Waals surface area (Å²) in [6.07, 6.45) is 3.47. The van der Waals surface area contributed by atoms with Gasteiger partial charge < -0.3 is 9.13 Å². The number of nitrogens with zero attached hydrogens (tertiary/aromatic N) is 5. The molecule has 0 bridgehead atoms. The number of rotatable bonds is 7. The zero-order valence-corrected chi connectivity index (χ0v) is 19.9. The van der Waals surface area contributed by atoms with Gasteiger partial charge in [-0.1, -0.05) is 33.8 Å². The predicted molar refractivity (Wildman–Crippen MR) is 127 cm³/mol. The van der Waals surface area contributed by atoms with Gasteiger partial charge in [-0.15, -0.1) is 10.2 Å². The number of aryl methyl sites for hydroxylation is 1. The Morgan fingerprint density at radius 3 is 2.58 bits per heavy atom. The molecule has 6 nitrogen and oxygen atoms in total. The molecule has 0 aliphatic heterocycles. The summed E-state index contributed by atoms with van der Waals surface area (Å²) in [5.41, 5.74) is 4.70. The van der Waals surface area contributed by atoms with Crippen LogP contribution in [0.3, 0.4) is 0 Å². The summed E-state index contributed by atoms with van der Waals surface area (Å²) in [5, 5.41) is 9.40. The van der Waals surface area contributed by atoms with Crippen molar-refractivity contribution in [1.82, 2.24) is 24.3 Å². The summed E-state index contributed by atoms with van der Waals surface area (Å²) in [5.74, 6) is 1.17. The zero-order valence-electron chi connectivity index (χ0n) is 17.5. The van der Waals surface area contributed by atoms with Crippen molar-refractivity contribution < 1.29 is 4.79 Å². The van der Waals surface area contributed by atoms with E-state index < -0.39 is 0 Å². The normalized spacial score (nSPS) is 11.1. The van der Waals surface area contributed by atoms with E-state index in [9.17, 15) is 4.79 Å². The maximum atomic E-state index is 13.1. The Kier molecular flexibility index (Phi) is 6.38. The average Bonchev–Trinajstić information content (AvgIpc) is 3.32. The van der Waals surface area contributed by atoms with E-state index in [0.717, 1.165) is 50.2 Å². The van der Waals surface area contributed by atoms with Gasteiger partial charge in [-0.3, -0.25) is 9.78 Å². The van der Waals surface area contributed by atoms with E-state index in [2.05, 4.69) is 35.7 Å². The van der Waals surface area contributed by atoms with Gasteiger partial charge in [-0.2, -0.15) is 0 Å². The van der Waals surface area contributed by atoms with E-state index in [0.29, 0.717) is 5.75 Å². The molecule has 31 heavy (non-hydrogen) atoms. The number of Topliss-reactive ketones (excluding diaryl/α,β-unsaturated/α-hetero) is 1. The maximum Gasteiger partial charge on any atom is 0.191 e. The van der Waals surface area contributed by atoms with Gasteiger partial charge in [0.1, 0.15) is 0 Å². The van der Waals surface area contributed by atoms with E-state index in [1.807, 2.05) is 67.8 Å². The highest BCUT2D eigenvalue weighted by molar-refractivity contribution is 9.10. The Balaban J connectivity index is 1.55. The van der Waals surface area contributed by atoms with Crippen LogP contribution in [0.25, 0.3) is 17.1 Å². The topological polar surface area (TPSA) is 65.6 Å². The van der Waals surface area contributed by atoms with E-state index in [1.54, 1.807) is 12.4 Å². The first-order valence-corrected chi connectivity index (χ1v) is 11.7. The highest BCUT2D eigenvalue weighted by Crippen LogP contribution is 2.27. The summed E-state index contributed by atoms with van der Waals surface area (Å²) >= 11 is 4.94. The standard InChI is InChI=1S/C23H22BrN5OS/c1-4-28-22(17-8-10-25-11-9-17)26-27-23(28)31-14-21(30)20-12-15(2)29(16(20)3)19-7-5-6-18(24)13-19/h5-13H,4,14H2,1-3H3. The number of benzene rings is 1. The fraction of sp³-hybridized carbons (Fsp3) is 0.217. The minimum Gasteiger partial charge on any atom is -0.318 e. The minimum atomic E-state index is 0.0791. The number of halogens is 1. The zero-order chi connectivity index (χ0) is 22.0. The second-order valence-electron chi connectivity index (χ2n) is 7.10. The summed E-state index contributed by atoms with van der Waals surface area (Å²) in [6.45, 7) is 6.78. The molecular weight excluding hydrogens is 474 g/mol. The summed E-state index contributed by atoms with van der Waals surface area (Å²) in [7, 11) is 0. The molecule has 4 aromatic rings. The molecule has 3 heterocycles. The molecule has 0 N–H and O–H groups in total. The molecule has 0 aliphatic carbocycles. The van der Waals surface area contributed by atoms with Gasteiger partial charge in [0.2, 0.25) is 0 Å². The second-order valence-corrected chi connectivity index (χ2v) is 8.96. The number of hydrogen-bond acceptors (Lipinski definition) is 5. The number of thioether (sulfide) groups is 1. The van der Waals surface area contributed by atoms with Gasteiger partial charge in [-0.25, -0.2) is 0 Å². The van der Waals surface area contributed by atoms with Crippen LogP contribution >= 0.6 is 27.7 Å². The number of aromatic nitrogens is 5. The SMILES string of the molecule is CCn1c(SCC(=O)c2cc(C)n(-c3cccc(Br)c3)c2C)nnc1-c1ccncc1. The molecule has 4 rings (SSSR count). The number of carbonyl (C=O) groups is 1. The van der Waals surface area contributed by atoms with Crippen molar-refractivity contribution >= 4 is 33.5 Å². The molecule has 0 amide bonds. The predicted octanol–water partition coefficient (Wildman–Crippen LogP) is 5.51. The van der Waals surface area contributed by atoms with Crippen molar-refractivity contribution in [2.45, 2.75) is 32.5 Å². The molecule has 0 spiro atoms. The maximum absolute atomic E-state index is 13.1. The molecule has 0 aliphatic rings. The van der Waals surface area contributed by atoms with Crippen LogP contribution in [-0.4, -0.2) is 35.9 Å². The molecule has 0 saturated carbocycles. The fourth-order valence-corrected chi connectivity index (χ4v) is 4.93. The molecule has 0 atom stereocenters. The Morgan fingerprint density at radius 2 is 1.87 bits per heavy atom. The third-order valence-corrected chi connectivity index (χ3v) is 6.56. The van der Waals surface area contributed by atoms with Gasteiger partial charge in [-0.05, 0) is 57.2 Å². The van der Waals surface area contributed by atoms with Crippen molar-refractivity contribution in [1.29, 1.82) is 0 Å². The lowest BCUT2D eigenvalue weighted by atomic mass is 10.2. The fourth-order valence-electron chi connectivity index (χ4n) is 3.66. The van der Waals surface area contributed by atoms with Gasteiger partial charge >= 0.3 is 0 Å². The molecule has 0 fully saturated rings. The van der Waals surface area contributed by atoms with E-state index in [-0.39, 0.29) is 5.78 Å². The van der Waals surface area contributed by atoms with Crippen molar-refractivity contribution in [2.24, 2.45) is 0 Å². The van der Waals surface area contributed by atoms with E-state index in [4.69, 9.17) is 0 Å². The first-order chi connectivity index (χ1) is 15.0. The summed E-state index contributed by atoms with van der Waals surface area (Å²) in [6, 6.07) is 13.9. The lowest BCUT2D eigenvalue weighted by Crippen LogP contribution is -2.07. The van der Waals surface area contributed by atoms with Crippen LogP contribution in [0.1, 0.15) is 28.7 Å².